The molecule has 0 saturated carbocycles. The predicted octanol–water partition coefficient (Wildman–Crippen LogP) is 4.18. The van der Waals surface area contributed by atoms with E-state index in [1.165, 1.54) is 24.1 Å². The Morgan fingerprint density at radius 1 is 0.950 bits per heavy atom. The molecule has 8 nitrogen and oxygen atoms in total. The Kier molecular flexibility index (Phi) is 10.9. The molecule has 0 bridgehead atoms. The Morgan fingerprint density at radius 3 is 2.23 bits per heavy atom. The predicted molar refractivity (Wildman–Crippen MR) is 156 cm³/mol. The zero-order valence-corrected chi connectivity index (χ0v) is 24.6. The van der Waals surface area contributed by atoms with E-state index in [1.807, 2.05) is 63.2 Å². The van der Waals surface area contributed by atoms with E-state index in [-0.39, 0.29) is 29.8 Å². The van der Waals surface area contributed by atoms with E-state index in [1.54, 1.807) is 31.4 Å². The normalized spacial score (nSPS) is 12.9. The third-order valence-corrected chi connectivity index (χ3v) is 8.66. The van der Waals surface area contributed by atoms with Gasteiger partial charge in [-0.3, -0.25) is 9.59 Å². The van der Waals surface area contributed by atoms with Gasteiger partial charge in [0.2, 0.25) is 21.8 Å². The van der Waals surface area contributed by atoms with E-state index >= 15 is 0 Å². The van der Waals surface area contributed by atoms with Crippen molar-refractivity contribution in [3.63, 3.8) is 0 Å². The molecule has 214 valence electrons. The molecular formula is C31H39N3O5S. The first-order chi connectivity index (χ1) is 19.0. The Hall–Kier alpha value is -3.69. The molecule has 0 saturated heterocycles. The molecule has 40 heavy (non-hydrogen) atoms. The average Bonchev–Trinajstić information content (AvgIpc) is 2.95. The maximum Gasteiger partial charge on any atom is 0.243 e. The van der Waals surface area contributed by atoms with Crippen LogP contribution in [-0.4, -0.2) is 62.2 Å². The van der Waals surface area contributed by atoms with Crippen molar-refractivity contribution in [2.75, 3.05) is 20.7 Å². The number of hydrogen-bond donors (Lipinski definition) is 1. The number of carbonyl (C=O) groups excluding carboxylic acids is 2. The Bertz CT molecular complexity index is 1380. The zero-order valence-electron chi connectivity index (χ0n) is 23.8. The Morgan fingerprint density at radius 2 is 1.60 bits per heavy atom. The molecular weight excluding hydrogens is 526 g/mol. The lowest BCUT2D eigenvalue weighted by Gasteiger charge is -2.33. The standard InChI is InChI=1S/C31H39N3O5S/c1-6-24(3)32-31(36)29(20-25-11-8-7-9-12-25)34(21-26-13-10-14-27(19-26)39-5)30(35)22-33(4)40(37,38)28-17-15-23(2)16-18-28/h7-19,24,29H,6,20-22H2,1-5H3,(H,32,36)/t24-,29-/m1/s1. The largest absolute Gasteiger partial charge is 0.497 e. The Labute approximate surface area is 238 Å². The van der Waals surface area contributed by atoms with Crippen LogP contribution in [0.1, 0.15) is 37.0 Å². The third-order valence-electron chi connectivity index (χ3n) is 6.85. The van der Waals surface area contributed by atoms with Crippen LogP contribution in [0.3, 0.4) is 0 Å². The second kappa shape index (κ2) is 14.1. The monoisotopic (exact) mass is 565 g/mol. The molecule has 0 heterocycles. The minimum atomic E-state index is -3.93. The summed E-state index contributed by atoms with van der Waals surface area (Å²) in [4.78, 5) is 29.2. The highest BCUT2D eigenvalue weighted by atomic mass is 32.2. The molecule has 0 aromatic heterocycles. The number of rotatable bonds is 13. The van der Waals surface area contributed by atoms with E-state index in [9.17, 15) is 18.0 Å². The first-order valence-electron chi connectivity index (χ1n) is 13.3. The van der Waals surface area contributed by atoms with E-state index in [0.29, 0.717) is 5.75 Å². The maximum absolute atomic E-state index is 13.9. The second-order valence-corrected chi connectivity index (χ2v) is 12.0. The SMILES string of the molecule is CC[C@@H](C)NC(=O)[C@@H](Cc1ccccc1)N(Cc1cccc(OC)c1)C(=O)CN(C)S(=O)(=O)c1ccc(C)cc1. The van der Waals surface area contributed by atoms with E-state index in [0.717, 1.165) is 27.4 Å². The van der Waals surface area contributed by atoms with Gasteiger partial charge in [-0.05, 0) is 55.7 Å². The molecule has 3 aromatic carbocycles. The molecule has 0 spiro atoms. The van der Waals surface area contributed by atoms with Gasteiger partial charge < -0.3 is 15.0 Å². The highest BCUT2D eigenvalue weighted by Crippen LogP contribution is 2.20. The lowest BCUT2D eigenvalue weighted by molar-refractivity contribution is -0.141. The Balaban J connectivity index is 1.99. The van der Waals surface area contributed by atoms with Crippen LogP contribution in [0.4, 0.5) is 0 Å². The topological polar surface area (TPSA) is 96.0 Å². The fourth-order valence-corrected chi connectivity index (χ4v) is 5.34. The van der Waals surface area contributed by atoms with Gasteiger partial charge in [0.05, 0.1) is 18.6 Å². The molecule has 3 rings (SSSR count). The quantitative estimate of drug-likeness (QED) is 0.336. The van der Waals surface area contributed by atoms with Gasteiger partial charge in [-0.1, -0.05) is 67.1 Å². The van der Waals surface area contributed by atoms with Gasteiger partial charge >= 0.3 is 0 Å². The minimum Gasteiger partial charge on any atom is -0.497 e. The van der Waals surface area contributed by atoms with E-state index < -0.39 is 28.5 Å². The van der Waals surface area contributed by atoms with Crippen molar-refractivity contribution in [1.82, 2.24) is 14.5 Å². The summed E-state index contributed by atoms with van der Waals surface area (Å²) in [6.07, 6.45) is 0.998. The fraction of sp³-hybridized carbons (Fsp3) is 0.355. The molecule has 2 atom stereocenters. The number of nitrogens with one attached hydrogen (secondary N) is 1. The third kappa shape index (κ3) is 8.16. The van der Waals surface area contributed by atoms with Crippen LogP contribution in [0.2, 0.25) is 0 Å². The van der Waals surface area contributed by atoms with Gasteiger partial charge in [0.15, 0.2) is 0 Å². The fourth-order valence-electron chi connectivity index (χ4n) is 4.22. The molecule has 2 amide bonds. The summed E-state index contributed by atoms with van der Waals surface area (Å²) in [5.74, 6) is -0.160. The van der Waals surface area contributed by atoms with Crippen molar-refractivity contribution in [2.45, 2.75) is 57.1 Å². The summed E-state index contributed by atoms with van der Waals surface area (Å²) in [5, 5.41) is 3.02. The molecule has 0 aliphatic heterocycles. The molecule has 0 fully saturated rings. The van der Waals surface area contributed by atoms with Crippen molar-refractivity contribution in [2.24, 2.45) is 0 Å². The summed E-state index contributed by atoms with van der Waals surface area (Å²) in [5.41, 5.74) is 2.57. The average molecular weight is 566 g/mol. The minimum absolute atomic E-state index is 0.0934. The summed E-state index contributed by atoms with van der Waals surface area (Å²) < 4.78 is 33.0. The number of aryl methyl sites for hydroxylation is 1. The number of ether oxygens (including phenoxy) is 1. The number of amides is 2. The number of benzene rings is 3. The number of methoxy groups -OCH3 is 1. The lowest BCUT2D eigenvalue weighted by atomic mass is 10.0. The number of likely N-dealkylation sites (N-methyl/N-ethyl adjacent to an activating group) is 1. The molecule has 0 aliphatic rings. The molecule has 1 N–H and O–H groups in total. The maximum atomic E-state index is 13.9. The molecule has 0 unspecified atom stereocenters. The van der Waals surface area contributed by atoms with Crippen LogP contribution in [0.5, 0.6) is 5.75 Å². The van der Waals surface area contributed by atoms with Gasteiger partial charge in [-0.25, -0.2) is 8.42 Å². The first-order valence-corrected chi connectivity index (χ1v) is 14.8. The lowest BCUT2D eigenvalue weighted by Crippen LogP contribution is -2.54. The number of hydrogen-bond acceptors (Lipinski definition) is 5. The van der Waals surface area contributed by atoms with Crippen LogP contribution >= 0.6 is 0 Å². The summed E-state index contributed by atoms with van der Waals surface area (Å²) in [6, 6.07) is 22.3. The molecule has 0 radical (unpaired) electrons. The van der Waals surface area contributed by atoms with E-state index in [4.69, 9.17) is 4.74 Å². The van der Waals surface area contributed by atoms with Crippen LogP contribution < -0.4 is 10.1 Å². The highest BCUT2D eigenvalue weighted by Gasteiger charge is 2.33. The van der Waals surface area contributed by atoms with Crippen LogP contribution in [0.15, 0.2) is 83.8 Å². The number of nitrogens with zero attached hydrogens (tertiary/aromatic N) is 2. The number of sulfonamides is 1. The van der Waals surface area contributed by atoms with Gasteiger partial charge in [0.25, 0.3) is 0 Å². The van der Waals surface area contributed by atoms with Gasteiger partial charge in [0, 0.05) is 26.1 Å². The summed E-state index contributed by atoms with van der Waals surface area (Å²) in [7, 11) is -0.993. The molecule has 9 heteroatoms. The zero-order chi connectivity index (χ0) is 29.3. The summed E-state index contributed by atoms with van der Waals surface area (Å²) >= 11 is 0. The van der Waals surface area contributed by atoms with Crippen molar-refractivity contribution in [1.29, 1.82) is 0 Å². The molecule has 0 aliphatic carbocycles. The van der Waals surface area contributed by atoms with Gasteiger partial charge in [0.1, 0.15) is 11.8 Å². The first kappa shape index (κ1) is 30.8. The summed E-state index contributed by atoms with van der Waals surface area (Å²) in [6.45, 7) is 5.42. The van der Waals surface area contributed by atoms with Crippen molar-refractivity contribution in [3.8, 4) is 5.75 Å². The van der Waals surface area contributed by atoms with Gasteiger partial charge in [-0.15, -0.1) is 0 Å². The van der Waals surface area contributed by atoms with Crippen molar-refractivity contribution in [3.05, 3.63) is 95.6 Å². The van der Waals surface area contributed by atoms with Crippen molar-refractivity contribution < 1.29 is 22.7 Å². The van der Waals surface area contributed by atoms with Crippen LogP contribution in [-0.2, 0) is 32.6 Å². The van der Waals surface area contributed by atoms with Crippen LogP contribution in [0, 0.1) is 6.92 Å². The number of carbonyl (C=O) groups is 2. The molecule has 3 aromatic rings. The van der Waals surface area contributed by atoms with Gasteiger partial charge in [-0.2, -0.15) is 4.31 Å². The smallest absolute Gasteiger partial charge is 0.243 e. The highest BCUT2D eigenvalue weighted by molar-refractivity contribution is 7.89. The van der Waals surface area contributed by atoms with E-state index in [2.05, 4.69) is 5.32 Å². The second-order valence-electron chi connectivity index (χ2n) is 9.97. The van der Waals surface area contributed by atoms with Crippen molar-refractivity contribution >= 4 is 21.8 Å². The van der Waals surface area contributed by atoms with Crippen LogP contribution in [0.25, 0.3) is 0 Å².